The summed E-state index contributed by atoms with van der Waals surface area (Å²) in [5, 5.41) is 1.71. The van der Waals surface area contributed by atoms with E-state index in [0.717, 1.165) is 15.9 Å². The highest BCUT2D eigenvalue weighted by Gasteiger charge is 2.15. The Bertz CT molecular complexity index is 597. The summed E-state index contributed by atoms with van der Waals surface area (Å²) in [4.78, 5) is 2.26. The van der Waals surface area contributed by atoms with Gasteiger partial charge in [0.1, 0.15) is 0 Å². The molecule has 0 heterocycles. The van der Waals surface area contributed by atoms with E-state index in [9.17, 15) is 0 Å². The third-order valence-corrected chi connectivity index (χ3v) is 4.76. The van der Waals surface area contributed by atoms with Crippen LogP contribution in [0.1, 0.15) is 29.7 Å². The molecule has 1 unspecified atom stereocenters. The van der Waals surface area contributed by atoms with E-state index in [-0.39, 0.29) is 6.04 Å². The Morgan fingerprint density at radius 2 is 1.90 bits per heavy atom. The predicted molar refractivity (Wildman–Crippen MR) is 92.1 cm³/mol. The minimum Gasteiger partial charge on any atom is -0.368 e. The molecule has 0 bridgehead atoms. The second-order valence-corrected chi connectivity index (χ2v) is 6.02. The highest BCUT2D eigenvalue weighted by molar-refractivity contribution is 9.08. The van der Waals surface area contributed by atoms with Crippen LogP contribution in [0.2, 0.25) is 5.02 Å². The van der Waals surface area contributed by atoms with Gasteiger partial charge in [0.05, 0.1) is 6.04 Å². The number of benzene rings is 2. The molecule has 0 amide bonds. The Hall–Kier alpha value is -0.990. The third-order valence-electron chi connectivity index (χ3n) is 3.81. The average Bonchev–Trinajstić information content (AvgIpc) is 2.46. The Morgan fingerprint density at radius 1 is 1.20 bits per heavy atom. The van der Waals surface area contributed by atoms with Gasteiger partial charge in [-0.1, -0.05) is 51.8 Å². The van der Waals surface area contributed by atoms with Gasteiger partial charge in [0, 0.05) is 23.1 Å². The summed E-state index contributed by atoms with van der Waals surface area (Å²) in [6, 6.07) is 14.8. The van der Waals surface area contributed by atoms with Crippen LogP contribution in [-0.4, -0.2) is 7.05 Å². The van der Waals surface area contributed by atoms with Crippen molar-refractivity contribution >= 4 is 33.2 Å². The van der Waals surface area contributed by atoms with Crippen LogP contribution in [0, 0.1) is 6.92 Å². The fourth-order valence-electron chi connectivity index (χ4n) is 2.30. The van der Waals surface area contributed by atoms with Gasteiger partial charge in [0.25, 0.3) is 0 Å². The van der Waals surface area contributed by atoms with Gasteiger partial charge in [-0.05, 0) is 48.7 Å². The topological polar surface area (TPSA) is 3.24 Å². The molecule has 0 fully saturated rings. The summed E-state index contributed by atoms with van der Waals surface area (Å²) in [6.45, 7) is 4.32. The number of nitrogens with zero attached hydrogens (tertiary/aromatic N) is 1. The quantitative estimate of drug-likeness (QED) is 0.634. The normalized spacial score (nSPS) is 12.2. The molecule has 0 aromatic heterocycles. The lowest BCUT2D eigenvalue weighted by atomic mass is 10.0. The van der Waals surface area contributed by atoms with Crippen LogP contribution in [0.4, 0.5) is 5.69 Å². The molecule has 20 heavy (non-hydrogen) atoms. The van der Waals surface area contributed by atoms with E-state index in [4.69, 9.17) is 11.6 Å². The van der Waals surface area contributed by atoms with Crippen molar-refractivity contribution in [3.8, 4) is 0 Å². The summed E-state index contributed by atoms with van der Waals surface area (Å²) in [5.74, 6) is 0. The van der Waals surface area contributed by atoms with Crippen molar-refractivity contribution in [1.29, 1.82) is 0 Å². The van der Waals surface area contributed by atoms with E-state index in [2.05, 4.69) is 66.0 Å². The maximum absolute atomic E-state index is 6.30. The molecule has 0 radical (unpaired) electrons. The maximum atomic E-state index is 6.30. The van der Waals surface area contributed by atoms with Crippen LogP contribution in [-0.2, 0) is 5.33 Å². The first-order valence-corrected chi connectivity index (χ1v) is 8.17. The molecule has 0 spiro atoms. The highest BCUT2D eigenvalue weighted by Crippen LogP contribution is 2.30. The smallest absolute Gasteiger partial charge is 0.0525 e. The third kappa shape index (κ3) is 3.18. The number of rotatable bonds is 4. The maximum Gasteiger partial charge on any atom is 0.0525 e. The van der Waals surface area contributed by atoms with Crippen molar-refractivity contribution < 1.29 is 0 Å². The first kappa shape index (κ1) is 15.4. The van der Waals surface area contributed by atoms with Gasteiger partial charge in [-0.3, -0.25) is 0 Å². The molecule has 0 aliphatic carbocycles. The van der Waals surface area contributed by atoms with Gasteiger partial charge in [-0.15, -0.1) is 0 Å². The van der Waals surface area contributed by atoms with Crippen molar-refractivity contribution in [2.75, 3.05) is 11.9 Å². The number of halogens is 2. The van der Waals surface area contributed by atoms with E-state index < -0.39 is 0 Å². The summed E-state index contributed by atoms with van der Waals surface area (Å²) in [5.41, 5.74) is 4.99. The van der Waals surface area contributed by atoms with Gasteiger partial charge in [-0.25, -0.2) is 0 Å². The van der Waals surface area contributed by atoms with E-state index >= 15 is 0 Å². The molecule has 3 heteroatoms. The molecule has 0 saturated carbocycles. The first-order chi connectivity index (χ1) is 9.54. The zero-order chi connectivity index (χ0) is 14.7. The van der Waals surface area contributed by atoms with Crippen LogP contribution >= 0.6 is 27.5 Å². The molecule has 0 saturated heterocycles. The molecule has 2 aromatic rings. The zero-order valence-corrected chi connectivity index (χ0v) is 14.4. The Morgan fingerprint density at radius 3 is 2.50 bits per heavy atom. The number of anilines is 1. The molecule has 0 aliphatic rings. The molecule has 0 aliphatic heterocycles. The number of aryl methyl sites for hydroxylation is 1. The van der Waals surface area contributed by atoms with E-state index in [0.29, 0.717) is 0 Å². The minimum absolute atomic E-state index is 0.234. The van der Waals surface area contributed by atoms with Crippen molar-refractivity contribution in [2.24, 2.45) is 0 Å². The fraction of sp³-hybridized carbons (Fsp3) is 0.294. The number of hydrogen-bond donors (Lipinski definition) is 0. The van der Waals surface area contributed by atoms with Crippen LogP contribution < -0.4 is 4.90 Å². The van der Waals surface area contributed by atoms with Crippen LogP contribution in [0.25, 0.3) is 0 Å². The average molecular weight is 353 g/mol. The van der Waals surface area contributed by atoms with Crippen molar-refractivity contribution in [3.63, 3.8) is 0 Å². The van der Waals surface area contributed by atoms with Gasteiger partial charge >= 0.3 is 0 Å². The minimum atomic E-state index is 0.234. The Labute approximate surface area is 134 Å². The summed E-state index contributed by atoms with van der Waals surface area (Å²) in [6.07, 6.45) is 0. The van der Waals surface area contributed by atoms with Crippen molar-refractivity contribution in [2.45, 2.75) is 25.2 Å². The van der Waals surface area contributed by atoms with Crippen LogP contribution in [0.5, 0.6) is 0 Å². The highest BCUT2D eigenvalue weighted by atomic mass is 79.9. The van der Waals surface area contributed by atoms with Gasteiger partial charge in [0.2, 0.25) is 0 Å². The van der Waals surface area contributed by atoms with E-state index in [1.807, 2.05) is 18.2 Å². The number of hydrogen-bond acceptors (Lipinski definition) is 1. The van der Waals surface area contributed by atoms with Crippen molar-refractivity contribution in [3.05, 3.63) is 64.2 Å². The lowest BCUT2D eigenvalue weighted by Gasteiger charge is -2.28. The fourth-order valence-corrected chi connectivity index (χ4v) is 3.22. The Kier molecular flexibility index (Phi) is 5.11. The lowest BCUT2D eigenvalue weighted by molar-refractivity contribution is 0.739. The largest absolute Gasteiger partial charge is 0.368 e. The zero-order valence-electron chi connectivity index (χ0n) is 12.0. The summed E-state index contributed by atoms with van der Waals surface area (Å²) < 4.78 is 0. The van der Waals surface area contributed by atoms with Crippen LogP contribution in [0.3, 0.4) is 0 Å². The summed E-state index contributed by atoms with van der Waals surface area (Å²) >= 11 is 9.81. The lowest BCUT2D eigenvalue weighted by Crippen LogP contribution is -2.22. The second-order valence-electron chi connectivity index (χ2n) is 5.05. The molecule has 2 aromatic carbocycles. The predicted octanol–water partition coefficient (Wildman–Crippen LogP) is 5.74. The molecular weight excluding hydrogens is 334 g/mol. The van der Waals surface area contributed by atoms with Gasteiger partial charge < -0.3 is 4.90 Å². The Balaban J connectivity index is 2.29. The van der Waals surface area contributed by atoms with Gasteiger partial charge in [-0.2, -0.15) is 0 Å². The second kappa shape index (κ2) is 6.64. The van der Waals surface area contributed by atoms with E-state index in [1.54, 1.807) is 0 Å². The standard InChI is InChI=1S/C17H19BrClN/c1-12-10-15(9-8-14(12)11-18)20(3)13(2)16-6-4-5-7-17(16)19/h4-10,13H,11H2,1-3H3. The molecule has 1 nitrogen and oxygen atoms in total. The molecule has 106 valence electrons. The monoisotopic (exact) mass is 351 g/mol. The SMILES string of the molecule is Cc1cc(N(C)C(C)c2ccccc2Cl)ccc1CBr. The van der Waals surface area contributed by atoms with Crippen LogP contribution in [0.15, 0.2) is 42.5 Å². The van der Waals surface area contributed by atoms with Crippen molar-refractivity contribution in [1.82, 2.24) is 0 Å². The summed E-state index contributed by atoms with van der Waals surface area (Å²) in [7, 11) is 2.11. The van der Waals surface area contributed by atoms with E-state index in [1.165, 1.54) is 16.8 Å². The molecule has 1 atom stereocenters. The molecular formula is C17H19BrClN. The molecule has 2 rings (SSSR count). The van der Waals surface area contributed by atoms with Gasteiger partial charge in [0.15, 0.2) is 0 Å². The number of alkyl halides is 1. The molecule has 0 N–H and O–H groups in total. The first-order valence-electron chi connectivity index (χ1n) is 6.67.